The quantitative estimate of drug-likeness (QED) is 0.393. The molecule has 1 aliphatic rings. The van der Waals surface area contributed by atoms with E-state index in [2.05, 4.69) is 15.3 Å². The highest BCUT2D eigenvalue weighted by Gasteiger charge is 2.26. The minimum Gasteiger partial charge on any atom is -0.481 e. The van der Waals surface area contributed by atoms with E-state index in [1.165, 1.54) is 0 Å². The van der Waals surface area contributed by atoms with Crippen LogP contribution in [0.3, 0.4) is 0 Å². The van der Waals surface area contributed by atoms with Crippen LogP contribution in [0.25, 0.3) is 16.7 Å². The summed E-state index contributed by atoms with van der Waals surface area (Å²) < 4.78 is 8.89. The van der Waals surface area contributed by atoms with Crippen LogP contribution in [0.2, 0.25) is 5.02 Å². The molecule has 0 radical (unpaired) electrons. The zero-order valence-corrected chi connectivity index (χ0v) is 22.0. The Labute approximate surface area is 220 Å². The molecule has 0 saturated heterocycles. The molecule has 1 aromatic carbocycles. The van der Waals surface area contributed by atoms with Crippen molar-refractivity contribution >= 4 is 28.5 Å². The summed E-state index contributed by atoms with van der Waals surface area (Å²) in [5.74, 6) is 0.750. The number of halogens is 1. The van der Waals surface area contributed by atoms with Gasteiger partial charge in [0.05, 0.1) is 46.3 Å². The molecule has 1 fully saturated rings. The number of hydrogen-bond acceptors (Lipinski definition) is 5. The van der Waals surface area contributed by atoms with Crippen LogP contribution in [-0.4, -0.2) is 38.2 Å². The predicted molar refractivity (Wildman–Crippen MR) is 144 cm³/mol. The van der Waals surface area contributed by atoms with Crippen LogP contribution in [0.1, 0.15) is 47.3 Å². The van der Waals surface area contributed by atoms with Crippen LogP contribution in [0, 0.1) is 19.8 Å². The number of ether oxygens (including phenoxy) is 1. The number of methoxy groups -OCH3 is 1. The molecular formula is C28H30ClN5O3. The Morgan fingerprint density at radius 3 is 2.51 bits per heavy atom. The number of carbonyl (C=O) groups excluding carboxylic acids is 1. The molecule has 0 unspecified atom stereocenters. The van der Waals surface area contributed by atoms with E-state index in [0.29, 0.717) is 34.6 Å². The van der Waals surface area contributed by atoms with Gasteiger partial charge >= 0.3 is 5.69 Å². The average molecular weight is 520 g/mol. The zero-order valence-electron chi connectivity index (χ0n) is 21.2. The van der Waals surface area contributed by atoms with Crippen LogP contribution in [-0.2, 0) is 6.54 Å². The van der Waals surface area contributed by atoms with E-state index in [1.807, 2.05) is 41.8 Å². The third kappa shape index (κ3) is 4.98. The van der Waals surface area contributed by atoms with Crippen molar-refractivity contribution in [1.29, 1.82) is 0 Å². The SMILES string of the molecule is COc1ncc(-n2c(=O)n(C[C@H]3CC[C@H](NC(=O)c4cc(Cl)cnc4C)CC3)c3ccccc32)cc1C. The second-order valence-electron chi connectivity index (χ2n) is 9.71. The van der Waals surface area contributed by atoms with E-state index in [-0.39, 0.29) is 17.6 Å². The average Bonchev–Trinajstić information content (AvgIpc) is 3.17. The molecule has 3 aromatic heterocycles. The molecular weight excluding hydrogens is 490 g/mol. The molecule has 3 heterocycles. The number of nitrogens with one attached hydrogen (secondary N) is 1. The summed E-state index contributed by atoms with van der Waals surface area (Å²) in [5, 5.41) is 3.59. The maximum absolute atomic E-state index is 13.6. The smallest absolute Gasteiger partial charge is 0.333 e. The van der Waals surface area contributed by atoms with E-state index in [1.54, 1.807) is 37.1 Å². The second-order valence-corrected chi connectivity index (χ2v) is 10.2. The Balaban J connectivity index is 1.32. The third-order valence-corrected chi connectivity index (χ3v) is 7.43. The minimum absolute atomic E-state index is 0.0769. The second kappa shape index (κ2) is 10.4. The number of amides is 1. The van der Waals surface area contributed by atoms with Crippen molar-refractivity contribution in [2.24, 2.45) is 5.92 Å². The van der Waals surface area contributed by atoms with Crippen molar-refractivity contribution in [2.75, 3.05) is 7.11 Å². The molecule has 4 aromatic rings. The summed E-state index contributed by atoms with van der Waals surface area (Å²) in [4.78, 5) is 35.0. The number of nitrogens with zero attached hydrogens (tertiary/aromatic N) is 4. The summed E-state index contributed by atoms with van der Waals surface area (Å²) >= 11 is 6.03. The lowest BCUT2D eigenvalue weighted by Crippen LogP contribution is -2.39. The van der Waals surface area contributed by atoms with Crippen molar-refractivity contribution < 1.29 is 9.53 Å². The van der Waals surface area contributed by atoms with Gasteiger partial charge in [-0.25, -0.2) is 9.78 Å². The minimum atomic E-state index is -0.140. The highest BCUT2D eigenvalue weighted by Crippen LogP contribution is 2.28. The molecule has 0 bridgehead atoms. The normalized spacial score (nSPS) is 17.6. The molecule has 1 saturated carbocycles. The topological polar surface area (TPSA) is 91.0 Å². The fourth-order valence-electron chi connectivity index (χ4n) is 5.27. The van der Waals surface area contributed by atoms with E-state index in [0.717, 1.165) is 48.0 Å². The first-order valence-electron chi connectivity index (χ1n) is 12.5. The molecule has 1 aliphatic carbocycles. The zero-order chi connectivity index (χ0) is 26.1. The van der Waals surface area contributed by atoms with E-state index >= 15 is 0 Å². The Kier molecular flexibility index (Phi) is 7.02. The van der Waals surface area contributed by atoms with Crippen molar-refractivity contribution in [1.82, 2.24) is 24.4 Å². The van der Waals surface area contributed by atoms with Crippen LogP contribution in [0.5, 0.6) is 5.88 Å². The fourth-order valence-corrected chi connectivity index (χ4v) is 5.42. The van der Waals surface area contributed by atoms with Gasteiger partial charge in [0.15, 0.2) is 0 Å². The number of rotatable bonds is 6. The molecule has 37 heavy (non-hydrogen) atoms. The number of carbonyl (C=O) groups is 1. The molecule has 9 heteroatoms. The number of hydrogen-bond donors (Lipinski definition) is 1. The van der Waals surface area contributed by atoms with Gasteiger partial charge in [-0.15, -0.1) is 0 Å². The Bertz CT molecular complexity index is 1520. The summed E-state index contributed by atoms with van der Waals surface area (Å²) in [6.45, 7) is 4.35. The Morgan fingerprint density at radius 2 is 1.81 bits per heavy atom. The van der Waals surface area contributed by atoms with Gasteiger partial charge in [-0.05, 0) is 69.7 Å². The fraction of sp³-hybridized carbons (Fsp3) is 0.357. The third-order valence-electron chi connectivity index (χ3n) is 7.22. The van der Waals surface area contributed by atoms with Gasteiger partial charge in [-0.1, -0.05) is 23.7 Å². The first kappa shape index (κ1) is 25.0. The first-order valence-corrected chi connectivity index (χ1v) is 12.9. The number of pyridine rings is 2. The molecule has 0 atom stereocenters. The first-order chi connectivity index (χ1) is 17.9. The predicted octanol–water partition coefficient (Wildman–Crippen LogP) is 4.85. The van der Waals surface area contributed by atoms with Gasteiger partial charge in [0.25, 0.3) is 5.91 Å². The van der Waals surface area contributed by atoms with Crippen LogP contribution < -0.4 is 15.7 Å². The van der Waals surface area contributed by atoms with Crippen LogP contribution >= 0.6 is 11.6 Å². The van der Waals surface area contributed by atoms with Gasteiger partial charge in [0.1, 0.15) is 0 Å². The maximum atomic E-state index is 13.6. The van der Waals surface area contributed by atoms with Crippen molar-refractivity contribution in [3.63, 3.8) is 0 Å². The highest BCUT2D eigenvalue weighted by atomic mass is 35.5. The molecule has 1 amide bonds. The highest BCUT2D eigenvalue weighted by molar-refractivity contribution is 6.30. The van der Waals surface area contributed by atoms with Crippen molar-refractivity contribution in [2.45, 2.75) is 52.1 Å². The van der Waals surface area contributed by atoms with Crippen LogP contribution in [0.15, 0.2) is 53.6 Å². The summed E-state index contributed by atoms with van der Waals surface area (Å²) in [5.41, 5.74) is 4.44. The number of imidazole rings is 1. The Morgan fingerprint density at radius 1 is 1.08 bits per heavy atom. The molecule has 5 rings (SSSR count). The standard InChI is InChI=1S/C28H30ClN5O3/c1-17-12-22(15-31-27(17)37-3)34-25-7-5-4-6-24(25)33(28(34)36)16-19-8-10-21(11-9-19)32-26(35)23-13-20(29)14-30-18(23)2/h4-7,12-15,19,21H,8-11,16H2,1-3H3,(H,32,35)/t19-,21-. The molecule has 0 aliphatic heterocycles. The monoisotopic (exact) mass is 519 g/mol. The summed E-state index contributed by atoms with van der Waals surface area (Å²) in [7, 11) is 1.59. The summed E-state index contributed by atoms with van der Waals surface area (Å²) in [6.07, 6.45) is 6.79. The Hall–Kier alpha value is -3.65. The van der Waals surface area contributed by atoms with Gasteiger partial charge in [-0.3, -0.25) is 18.9 Å². The van der Waals surface area contributed by atoms with Gasteiger partial charge in [0, 0.05) is 24.3 Å². The number of para-hydroxylation sites is 2. The van der Waals surface area contributed by atoms with E-state index < -0.39 is 0 Å². The lowest BCUT2D eigenvalue weighted by molar-refractivity contribution is 0.0919. The molecule has 192 valence electrons. The van der Waals surface area contributed by atoms with Gasteiger partial charge in [-0.2, -0.15) is 0 Å². The van der Waals surface area contributed by atoms with E-state index in [4.69, 9.17) is 16.3 Å². The largest absolute Gasteiger partial charge is 0.481 e. The lowest BCUT2D eigenvalue weighted by atomic mass is 9.85. The number of fused-ring (bicyclic) bond motifs is 1. The lowest BCUT2D eigenvalue weighted by Gasteiger charge is -2.29. The van der Waals surface area contributed by atoms with Gasteiger partial charge in [0.2, 0.25) is 5.88 Å². The van der Waals surface area contributed by atoms with E-state index in [9.17, 15) is 9.59 Å². The molecule has 1 N–H and O–H groups in total. The number of benzene rings is 1. The maximum Gasteiger partial charge on any atom is 0.333 e. The van der Waals surface area contributed by atoms with Gasteiger partial charge < -0.3 is 10.1 Å². The molecule has 0 spiro atoms. The van der Waals surface area contributed by atoms with Crippen molar-refractivity contribution in [3.05, 3.63) is 81.1 Å². The number of aryl methyl sites for hydroxylation is 2. The summed E-state index contributed by atoms with van der Waals surface area (Å²) in [6, 6.07) is 11.5. The molecule has 8 nitrogen and oxygen atoms in total. The number of aromatic nitrogens is 4. The van der Waals surface area contributed by atoms with Crippen LogP contribution in [0.4, 0.5) is 0 Å². The van der Waals surface area contributed by atoms with Crippen molar-refractivity contribution in [3.8, 4) is 11.6 Å².